The fourth-order valence-corrected chi connectivity index (χ4v) is 3.46. The van der Waals surface area contributed by atoms with E-state index in [1.54, 1.807) is 21.0 Å². The molecule has 1 saturated heterocycles. The van der Waals surface area contributed by atoms with E-state index in [1.807, 2.05) is 24.3 Å². The number of carbonyl (C=O) groups is 1. The topological polar surface area (TPSA) is 54.0 Å². The predicted molar refractivity (Wildman–Crippen MR) is 83.8 cm³/mol. The van der Waals surface area contributed by atoms with Gasteiger partial charge in [-0.1, -0.05) is 18.6 Å². The van der Waals surface area contributed by atoms with Crippen LogP contribution in [0.2, 0.25) is 0 Å². The second kappa shape index (κ2) is 6.13. The van der Waals surface area contributed by atoms with Crippen LogP contribution < -0.4 is 4.74 Å². The van der Waals surface area contributed by atoms with Crippen molar-refractivity contribution in [3.05, 3.63) is 29.8 Å². The molecular weight excluding hydrogens is 296 g/mol. The number of carbonyl (C=O) groups excluding carboxylic acids is 1. The molecule has 0 aromatic heterocycles. The average molecular weight is 320 g/mol. The monoisotopic (exact) mass is 320 g/mol. The molecule has 1 heterocycles. The predicted octanol–water partition coefficient (Wildman–Crippen LogP) is 3.36. The molecule has 2 aliphatic rings. The molecule has 5 heteroatoms. The van der Waals surface area contributed by atoms with Crippen LogP contribution in [0.5, 0.6) is 5.75 Å². The van der Waals surface area contributed by atoms with Crippen molar-refractivity contribution >= 4 is 5.97 Å². The van der Waals surface area contributed by atoms with Crippen molar-refractivity contribution < 1.29 is 24.0 Å². The smallest absolute Gasteiger partial charge is 0.341 e. The van der Waals surface area contributed by atoms with Gasteiger partial charge in [-0.05, 0) is 50.3 Å². The third kappa shape index (κ3) is 2.72. The molecule has 1 saturated carbocycles. The van der Waals surface area contributed by atoms with E-state index in [1.165, 1.54) is 6.42 Å². The lowest BCUT2D eigenvalue weighted by atomic mass is 9.66. The van der Waals surface area contributed by atoms with Crippen LogP contribution in [0.3, 0.4) is 0 Å². The summed E-state index contributed by atoms with van der Waals surface area (Å²) in [7, 11) is 1.64. The van der Waals surface area contributed by atoms with Crippen molar-refractivity contribution in [1.82, 2.24) is 0 Å². The minimum absolute atomic E-state index is 0.330. The highest BCUT2D eigenvalue weighted by Crippen LogP contribution is 2.54. The Morgan fingerprint density at radius 3 is 2.48 bits per heavy atom. The maximum Gasteiger partial charge on any atom is 0.341 e. The molecule has 3 rings (SSSR count). The molecule has 1 aliphatic carbocycles. The van der Waals surface area contributed by atoms with Gasteiger partial charge in [0.15, 0.2) is 0 Å². The van der Waals surface area contributed by atoms with Crippen molar-refractivity contribution in [1.29, 1.82) is 0 Å². The van der Waals surface area contributed by atoms with E-state index in [0.29, 0.717) is 18.9 Å². The van der Waals surface area contributed by atoms with Crippen molar-refractivity contribution in [3.8, 4) is 5.75 Å². The molecule has 1 aromatic carbocycles. The van der Waals surface area contributed by atoms with Gasteiger partial charge in [-0.15, -0.1) is 0 Å². The Balaban J connectivity index is 1.91. The number of esters is 1. The summed E-state index contributed by atoms with van der Waals surface area (Å²) >= 11 is 0. The highest BCUT2D eigenvalue weighted by molar-refractivity contribution is 5.79. The fourth-order valence-electron chi connectivity index (χ4n) is 3.46. The van der Waals surface area contributed by atoms with Gasteiger partial charge in [0.25, 0.3) is 0 Å². The van der Waals surface area contributed by atoms with Gasteiger partial charge < -0.3 is 9.47 Å². The van der Waals surface area contributed by atoms with E-state index in [-0.39, 0.29) is 5.97 Å². The van der Waals surface area contributed by atoms with Gasteiger partial charge in [-0.3, -0.25) is 0 Å². The van der Waals surface area contributed by atoms with Crippen LogP contribution >= 0.6 is 0 Å². The molecule has 1 aromatic rings. The van der Waals surface area contributed by atoms with Gasteiger partial charge in [0, 0.05) is 6.42 Å². The maximum absolute atomic E-state index is 12.3. The largest absolute Gasteiger partial charge is 0.497 e. The summed E-state index contributed by atoms with van der Waals surface area (Å²) in [6, 6.07) is 7.83. The summed E-state index contributed by atoms with van der Waals surface area (Å²) in [5.74, 6) is 0.784. The van der Waals surface area contributed by atoms with Gasteiger partial charge in [0.1, 0.15) is 11.4 Å². The van der Waals surface area contributed by atoms with E-state index in [0.717, 1.165) is 24.2 Å². The van der Waals surface area contributed by atoms with E-state index in [2.05, 4.69) is 0 Å². The quantitative estimate of drug-likeness (QED) is 0.615. The second-order valence-corrected chi connectivity index (χ2v) is 6.54. The Kier molecular flexibility index (Phi) is 4.34. The summed E-state index contributed by atoms with van der Waals surface area (Å²) in [6.07, 6.45) is 3.81. The number of ether oxygens (including phenoxy) is 2. The minimum atomic E-state index is -1.06. The molecule has 0 spiro atoms. The van der Waals surface area contributed by atoms with Gasteiger partial charge in [-0.25, -0.2) is 14.6 Å². The highest BCUT2D eigenvalue weighted by atomic mass is 17.2. The molecule has 126 valence electrons. The van der Waals surface area contributed by atoms with E-state index < -0.39 is 11.2 Å². The summed E-state index contributed by atoms with van der Waals surface area (Å²) in [4.78, 5) is 23.6. The zero-order valence-electron chi connectivity index (χ0n) is 14.0. The molecule has 2 fully saturated rings. The van der Waals surface area contributed by atoms with Crippen LogP contribution in [-0.2, 0) is 24.9 Å². The number of hydrogen-bond donors (Lipinski definition) is 0. The van der Waals surface area contributed by atoms with Gasteiger partial charge in [-0.2, -0.15) is 0 Å². The second-order valence-electron chi connectivity index (χ2n) is 6.54. The van der Waals surface area contributed by atoms with Crippen LogP contribution in [0.25, 0.3) is 0 Å². The van der Waals surface area contributed by atoms with Crippen LogP contribution in [0.4, 0.5) is 0 Å². The number of methoxy groups -OCH3 is 1. The molecule has 1 aliphatic heterocycles. The maximum atomic E-state index is 12.3. The first kappa shape index (κ1) is 16.3. The molecule has 2 atom stereocenters. The number of rotatable bonds is 5. The Morgan fingerprint density at radius 1 is 1.26 bits per heavy atom. The third-order valence-electron chi connectivity index (χ3n) is 5.02. The zero-order chi connectivity index (χ0) is 16.5. The van der Waals surface area contributed by atoms with Crippen LogP contribution in [-0.4, -0.2) is 25.3 Å². The summed E-state index contributed by atoms with van der Waals surface area (Å²) in [6.45, 7) is 3.87. The molecule has 0 amide bonds. The summed E-state index contributed by atoms with van der Waals surface area (Å²) < 4.78 is 10.4. The lowest BCUT2D eigenvalue weighted by Crippen LogP contribution is -2.42. The molecular formula is C18H24O5. The molecule has 0 N–H and O–H groups in total. The number of benzene rings is 1. The van der Waals surface area contributed by atoms with Gasteiger partial charge in [0.2, 0.25) is 5.60 Å². The lowest BCUT2D eigenvalue weighted by molar-refractivity contribution is -0.360. The van der Waals surface area contributed by atoms with Crippen molar-refractivity contribution in [3.63, 3.8) is 0 Å². The van der Waals surface area contributed by atoms with Crippen LogP contribution in [0, 0.1) is 5.92 Å². The fraction of sp³-hybridized carbons (Fsp3) is 0.611. The molecule has 23 heavy (non-hydrogen) atoms. The average Bonchev–Trinajstić information content (AvgIpc) is 2.86. The summed E-state index contributed by atoms with van der Waals surface area (Å²) in [5, 5.41) is 0. The van der Waals surface area contributed by atoms with Gasteiger partial charge in [0.05, 0.1) is 13.7 Å². The first-order chi connectivity index (χ1) is 11.0. The third-order valence-corrected chi connectivity index (χ3v) is 5.02. The van der Waals surface area contributed by atoms with Crippen LogP contribution in [0.15, 0.2) is 24.3 Å². The lowest BCUT2D eigenvalue weighted by Gasteiger charge is -2.40. The first-order valence-electron chi connectivity index (χ1n) is 8.22. The molecule has 0 bridgehead atoms. The minimum Gasteiger partial charge on any atom is -0.497 e. The standard InChI is InChI=1S/C18H24O5/c1-4-21-16(19)17(2)12-18(23-22-17,13-6-5-7-13)14-8-10-15(20-3)11-9-14/h8-11,13H,4-7,12H2,1-3H3. The normalized spacial score (nSPS) is 30.7. The van der Waals surface area contributed by atoms with Gasteiger partial charge >= 0.3 is 5.97 Å². The Hall–Kier alpha value is -1.59. The molecule has 5 nitrogen and oxygen atoms in total. The Bertz CT molecular complexity index is 565. The van der Waals surface area contributed by atoms with Crippen molar-refractivity contribution in [2.75, 3.05) is 13.7 Å². The van der Waals surface area contributed by atoms with Crippen molar-refractivity contribution in [2.45, 2.75) is 50.7 Å². The summed E-state index contributed by atoms with van der Waals surface area (Å²) in [5.41, 5.74) is -0.631. The van der Waals surface area contributed by atoms with Crippen molar-refractivity contribution in [2.24, 2.45) is 5.92 Å². The van der Waals surface area contributed by atoms with E-state index >= 15 is 0 Å². The van der Waals surface area contributed by atoms with Crippen LogP contribution in [0.1, 0.15) is 45.1 Å². The SMILES string of the molecule is CCOC(=O)C1(C)CC(c2ccc(OC)cc2)(C2CCC2)OO1. The Morgan fingerprint density at radius 2 is 1.96 bits per heavy atom. The zero-order valence-corrected chi connectivity index (χ0v) is 14.0. The molecule has 2 unspecified atom stereocenters. The molecule has 0 radical (unpaired) electrons. The van der Waals surface area contributed by atoms with E-state index in [9.17, 15) is 4.79 Å². The number of hydrogen-bond acceptors (Lipinski definition) is 5. The highest BCUT2D eigenvalue weighted by Gasteiger charge is 2.59. The first-order valence-corrected chi connectivity index (χ1v) is 8.22. The Labute approximate surface area is 136 Å². The van der Waals surface area contributed by atoms with E-state index in [4.69, 9.17) is 19.2 Å².